The number of nitrogens with zero attached hydrogens (tertiary/aromatic N) is 1. The van der Waals surface area contributed by atoms with Gasteiger partial charge in [-0.1, -0.05) is 6.92 Å². The van der Waals surface area contributed by atoms with Gasteiger partial charge >= 0.3 is 5.97 Å². The summed E-state index contributed by atoms with van der Waals surface area (Å²) in [5, 5.41) is 3.38. The highest BCUT2D eigenvalue weighted by atomic mass is 16.5. The number of methoxy groups -OCH3 is 1. The number of hydrogen-bond acceptors (Lipinski definition) is 4. The first-order valence-corrected chi connectivity index (χ1v) is 6.22. The van der Waals surface area contributed by atoms with Crippen LogP contribution in [0.2, 0.25) is 0 Å². The third kappa shape index (κ3) is 3.76. The molecule has 0 amide bonds. The lowest BCUT2D eigenvalue weighted by Gasteiger charge is -2.33. The van der Waals surface area contributed by atoms with Gasteiger partial charge in [0.1, 0.15) is 0 Å². The minimum absolute atomic E-state index is 0.112. The van der Waals surface area contributed by atoms with Gasteiger partial charge in [-0.15, -0.1) is 0 Å². The Morgan fingerprint density at radius 2 is 2.38 bits per heavy atom. The summed E-state index contributed by atoms with van der Waals surface area (Å²) >= 11 is 0. The second-order valence-electron chi connectivity index (χ2n) is 4.51. The average Bonchev–Trinajstić information content (AvgIpc) is 2.78. The van der Waals surface area contributed by atoms with Crippen LogP contribution < -0.4 is 5.32 Å². The van der Waals surface area contributed by atoms with Crippen molar-refractivity contribution in [1.82, 2.24) is 10.2 Å². The largest absolute Gasteiger partial charge is 0.469 e. The van der Waals surface area contributed by atoms with Crippen LogP contribution in [0.25, 0.3) is 0 Å². The lowest BCUT2D eigenvalue weighted by Crippen LogP contribution is -2.44. The smallest absolute Gasteiger partial charge is 0.307 e. The van der Waals surface area contributed by atoms with Gasteiger partial charge < -0.3 is 10.1 Å². The van der Waals surface area contributed by atoms with E-state index in [-0.39, 0.29) is 12.0 Å². The maximum atomic E-state index is 11.3. The van der Waals surface area contributed by atoms with Crippen molar-refractivity contribution in [2.24, 2.45) is 0 Å². The molecule has 0 aliphatic carbocycles. The maximum absolute atomic E-state index is 11.3. The van der Waals surface area contributed by atoms with Crippen LogP contribution in [0.4, 0.5) is 0 Å². The van der Waals surface area contributed by atoms with E-state index in [4.69, 9.17) is 4.74 Å². The van der Waals surface area contributed by atoms with E-state index in [1.165, 1.54) is 13.5 Å². The van der Waals surface area contributed by atoms with Crippen molar-refractivity contribution in [2.45, 2.75) is 45.2 Å². The molecule has 0 saturated carbocycles. The van der Waals surface area contributed by atoms with Gasteiger partial charge in [0.05, 0.1) is 13.5 Å². The van der Waals surface area contributed by atoms with Gasteiger partial charge in [-0.05, 0) is 32.9 Å². The van der Waals surface area contributed by atoms with Crippen molar-refractivity contribution in [3.8, 4) is 0 Å². The molecule has 1 aliphatic rings. The molecular formula is C12H24N2O2. The Morgan fingerprint density at radius 3 is 2.88 bits per heavy atom. The summed E-state index contributed by atoms with van der Waals surface area (Å²) < 4.78 is 4.73. The van der Waals surface area contributed by atoms with E-state index in [0.717, 1.165) is 26.1 Å². The predicted octanol–water partition coefficient (Wildman–Crippen LogP) is 1.01. The zero-order valence-electron chi connectivity index (χ0n) is 10.7. The van der Waals surface area contributed by atoms with E-state index in [0.29, 0.717) is 12.5 Å². The topological polar surface area (TPSA) is 41.6 Å². The molecule has 1 aliphatic heterocycles. The van der Waals surface area contributed by atoms with Crippen LogP contribution in [0.3, 0.4) is 0 Å². The molecule has 0 aromatic heterocycles. The Morgan fingerprint density at radius 1 is 1.62 bits per heavy atom. The van der Waals surface area contributed by atoms with Gasteiger partial charge in [0, 0.05) is 18.6 Å². The Hall–Kier alpha value is -0.610. The average molecular weight is 228 g/mol. The monoisotopic (exact) mass is 228 g/mol. The Bertz CT molecular complexity index is 215. The molecule has 1 rings (SSSR count). The quantitative estimate of drug-likeness (QED) is 0.689. The first-order chi connectivity index (χ1) is 7.69. The molecule has 94 valence electrons. The zero-order valence-corrected chi connectivity index (χ0v) is 10.7. The minimum Gasteiger partial charge on any atom is -0.469 e. The zero-order chi connectivity index (χ0) is 12.0. The fourth-order valence-corrected chi connectivity index (χ4v) is 2.39. The fourth-order valence-electron chi connectivity index (χ4n) is 2.39. The summed E-state index contributed by atoms with van der Waals surface area (Å²) in [5.74, 6) is -0.112. The normalized spacial score (nSPS) is 22.4. The Labute approximate surface area is 98.3 Å². The SMILES string of the molecule is CCCN(C(C)CC(=O)OC)C1CCNC1. The number of esters is 1. The van der Waals surface area contributed by atoms with Crippen molar-refractivity contribution in [1.29, 1.82) is 0 Å². The summed E-state index contributed by atoms with van der Waals surface area (Å²) in [5.41, 5.74) is 0. The maximum Gasteiger partial charge on any atom is 0.307 e. The molecule has 1 saturated heterocycles. The molecule has 0 aromatic carbocycles. The molecule has 0 aromatic rings. The molecule has 1 fully saturated rings. The third-order valence-corrected chi connectivity index (χ3v) is 3.24. The molecule has 1 heterocycles. The summed E-state index contributed by atoms with van der Waals surface area (Å²) in [6.45, 7) is 7.50. The number of nitrogens with one attached hydrogen (secondary N) is 1. The lowest BCUT2D eigenvalue weighted by atomic mass is 10.1. The van der Waals surface area contributed by atoms with Gasteiger partial charge in [0.2, 0.25) is 0 Å². The third-order valence-electron chi connectivity index (χ3n) is 3.24. The van der Waals surface area contributed by atoms with Crippen LogP contribution >= 0.6 is 0 Å². The molecule has 2 unspecified atom stereocenters. The van der Waals surface area contributed by atoms with E-state index >= 15 is 0 Å². The second kappa shape index (κ2) is 6.86. The highest BCUT2D eigenvalue weighted by Crippen LogP contribution is 2.15. The van der Waals surface area contributed by atoms with Crippen molar-refractivity contribution in [3.63, 3.8) is 0 Å². The van der Waals surface area contributed by atoms with Crippen LogP contribution in [0.5, 0.6) is 0 Å². The highest BCUT2D eigenvalue weighted by molar-refractivity contribution is 5.69. The molecule has 0 radical (unpaired) electrons. The number of rotatable bonds is 6. The molecular weight excluding hydrogens is 204 g/mol. The number of hydrogen-bond donors (Lipinski definition) is 1. The summed E-state index contributed by atoms with van der Waals surface area (Å²) in [7, 11) is 1.45. The van der Waals surface area contributed by atoms with E-state index in [1.807, 2.05) is 0 Å². The van der Waals surface area contributed by atoms with Crippen molar-refractivity contribution < 1.29 is 9.53 Å². The van der Waals surface area contributed by atoms with Gasteiger partial charge in [0.15, 0.2) is 0 Å². The van der Waals surface area contributed by atoms with E-state index in [1.54, 1.807) is 0 Å². The first-order valence-electron chi connectivity index (χ1n) is 6.22. The van der Waals surface area contributed by atoms with Crippen LogP contribution in [0.15, 0.2) is 0 Å². The Kier molecular flexibility index (Phi) is 5.77. The molecule has 16 heavy (non-hydrogen) atoms. The number of carbonyl (C=O) groups is 1. The summed E-state index contributed by atoms with van der Waals surface area (Å²) in [6.07, 6.45) is 2.81. The standard InChI is InChI=1S/C12H24N2O2/c1-4-7-14(11-5-6-13-9-11)10(2)8-12(15)16-3/h10-11,13H,4-9H2,1-3H3. The van der Waals surface area contributed by atoms with Crippen molar-refractivity contribution >= 4 is 5.97 Å². The predicted molar refractivity (Wildman–Crippen MR) is 64.4 cm³/mol. The van der Waals surface area contributed by atoms with Crippen LogP contribution in [-0.4, -0.2) is 49.7 Å². The van der Waals surface area contributed by atoms with E-state index in [9.17, 15) is 4.79 Å². The first kappa shape index (κ1) is 13.5. The molecule has 1 N–H and O–H groups in total. The summed E-state index contributed by atoms with van der Waals surface area (Å²) in [4.78, 5) is 13.7. The van der Waals surface area contributed by atoms with Crippen molar-refractivity contribution in [3.05, 3.63) is 0 Å². The second-order valence-corrected chi connectivity index (χ2v) is 4.51. The molecule has 4 heteroatoms. The Balaban J connectivity index is 2.50. The van der Waals surface area contributed by atoms with Crippen LogP contribution in [0.1, 0.15) is 33.1 Å². The molecule has 0 spiro atoms. The minimum atomic E-state index is -0.112. The molecule has 4 nitrogen and oxygen atoms in total. The van der Waals surface area contributed by atoms with Crippen LogP contribution in [0, 0.1) is 0 Å². The van der Waals surface area contributed by atoms with Gasteiger partial charge in [-0.25, -0.2) is 0 Å². The van der Waals surface area contributed by atoms with E-state index < -0.39 is 0 Å². The highest BCUT2D eigenvalue weighted by Gasteiger charge is 2.26. The fraction of sp³-hybridized carbons (Fsp3) is 0.917. The number of ether oxygens (including phenoxy) is 1. The van der Waals surface area contributed by atoms with Gasteiger partial charge in [-0.3, -0.25) is 9.69 Å². The van der Waals surface area contributed by atoms with Crippen LogP contribution in [-0.2, 0) is 9.53 Å². The van der Waals surface area contributed by atoms with Gasteiger partial charge in [-0.2, -0.15) is 0 Å². The number of carbonyl (C=O) groups excluding carboxylic acids is 1. The van der Waals surface area contributed by atoms with Crippen molar-refractivity contribution in [2.75, 3.05) is 26.7 Å². The van der Waals surface area contributed by atoms with Gasteiger partial charge in [0.25, 0.3) is 0 Å². The van der Waals surface area contributed by atoms with E-state index in [2.05, 4.69) is 24.1 Å². The lowest BCUT2D eigenvalue weighted by molar-refractivity contribution is -0.142. The summed E-state index contributed by atoms with van der Waals surface area (Å²) in [6, 6.07) is 0.858. The molecule has 2 atom stereocenters. The molecule has 0 bridgehead atoms.